The Hall–Kier alpha value is -2.77. The highest BCUT2D eigenvalue weighted by Gasteiger charge is 2.10. The van der Waals surface area contributed by atoms with Gasteiger partial charge in [-0.15, -0.1) is 0 Å². The molecule has 0 aliphatic rings. The number of carbonyl (C=O) groups is 1. The molecule has 0 spiro atoms. The van der Waals surface area contributed by atoms with Crippen LogP contribution in [0.4, 0.5) is 0 Å². The summed E-state index contributed by atoms with van der Waals surface area (Å²) in [6.45, 7) is 2.03. The lowest BCUT2D eigenvalue weighted by atomic mass is 10.0. The van der Waals surface area contributed by atoms with Crippen molar-refractivity contribution < 1.29 is 9.53 Å². The van der Waals surface area contributed by atoms with Crippen molar-refractivity contribution >= 4 is 23.6 Å². The number of halogens is 1. The zero-order chi connectivity index (χ0) is 18.1. The number of nitrogens with zero attached hydrogens (tertiary/aromatic N) is 1. The van der Waals surface area contributed by atoms with Crippen LogP contribution in [0.25, 0.3) is 6.08 Å². The molecule has 1 unspecified atom stereocenters. The third-order valence-electron chi connectivity index (χ3n) is 3.61. The van der Waals surface area contributed by atoms with Crippen LogP contribution in [0.2, 0.25) is 5.02 Å². The summed E-state index contributed by atoms with van der Waals surface area (Å²) in [5.41, 5.74) is 1.90. The average molecular weight is 355 g/mol. The molecule has 0 aromatic heterocycles. The lowest BCUT2D eigenvalue weighted by Gasteiger charge is -2.16. The molecule has 2 rings (SSSR count). The second-order valence-electron chi connectivity index (χ2n) is 5.37. The van der Waals surface area contributed by atoms with E-state index in [9.17, 15) is 4.79 Å². The van der Waals surface area contributed by atoms with Gasteiger partial charge in [0.2, 0.25) is 5.91 Å². The molecule has 0 heterocycles. The summed E-state index contributed by atoms with van der Waals surface area (Å²) < 4.78 is 5.19. The van der Waals surface area contributed by atoms with Crippen molar-refractivity contribution in [3.8, 4) is 11.8 Å². The van der Waals surface area contributed by atoms with Crippen LogP contribution in [0.3, 0.4) is 0 Å². The van der Waals surface area contributed by atoms with Gasteiger partial charge in [-0.25, -0.2) is 0 Å². The predicted molar refractivity (Wildman–Crippen MR) is 99.2 cm³/mol. The summed E-state index contributed by atoms with van der Waals surface area (Å²) in [6, 6.07) is 16.5. The second kappa shape index (κ2) is 9.51. The van der Waals surface area contributed by atoms with Gasteiger partial charge in [-0.2, -0.15) is 5.26 Å². The van der Waals surface area contributed by atoms with Crippen LogP contribution in [-0.4, -0.2) is 12.5 Å². The van der Waals surface area contributed by atoms with Gasteiger partial charge in [0.15, 0.2) is 6.61 Å². The van der Waals surface area contributed by atoms with Crippen LogP contribution in [0.1, 0.15) is 30.5 Å². The van der Waals surface area contributed by atoms with Gasteiger partial charge in [0.25, 0.3) is 0 Å². The number of ether oxygens (including phenoxy) is 1. The molecule has 0 bridgehead atoms. The minimum atomic E-state index is -0.161. The van der Waals surface area contributed by atoms with Crippen molar-refractivity contribution in [1.29, 1.82) is 5.26 Å². The Labute approximate surface area is 152 Å². The Kier molecular flexibility index (Phi) is 7.06. The van der Waals surface area contributed by atoms with Crippen molar-refractivity contribution in [3.05, 3.63) is 70.8 Å². The molecule has 0 radical (unpaired) electrons. The molecule has 1 atom stereocenters. The summed E-state index contributed by atoms with van der Waals surface area (Å²) in [5, 5.41) is 12.1. The van der Waals surface area contributed by atoms with Crippen molar-refractivity contribution in [2.45, 2.75) is 19.4 Å². The van der Waals surface area contributed by atoms with Crippen molar-refractivity contribution in [2.75, 3.05) is 6.61 Å². The monoisotopic (exact) mass is 354 g/mol. The summed E-state index contributed by atoms with van der Waals surface area (Å²) in [5.74, 6) is 0.462. The zero-order valence-corrected chi connectivity index (χ0v) is 14.7. The maximum Gasteiger partial charge on any atom is 0.244 e. The van der Waals surface area contributed by atoms with E-state index in [0.717, 1.165) is 17.5 Å². The molecular formula is C20H19ClN2O2. The lowest BCUT2D eigenvalue weighted by molar-refractivity contribution is -0.117. The molecule has 0 aliphatic carbocycles. The van der Waals surface area contributed by atoms with Crippen molar-refractivity contribution in [1.82, 2.24) is 5.32 Å². The fourth-order valence-corrected chi connectivity index (χ4v) is 2.42. The molecule has 25 heavy (non-hydrogen) atoms. The van der Waals surface area contributed by atoms with E-state index in [-0.39, 0.29) is 18.6 Å². The minimum Gasteiger partial charge on any atom is -0.479 e. The van der Waals surface area contributed by atoms with Crippen LogP contribution < -0.4 is 10.1 Å². The third kappa shape index (κ3) is 5.98. The average Bonchev–Trinajstić information content (AvgIpc) is 2.64. The van der Waals surface area contributed by atoms with Crippen molar-refractivity contribution in [3.63, 3.8) is 0 Å². The smallest absolute Gasteiger partial charge is 0.244 e. The summed E-state index contributed by atoms with van der Waals surface area (Å²) in [6.07, 6.45) is 4.02. The Morgan fingerprint density at radius 2 is 1.92 bits per heavy atom. The van der Waals surface area contributed by atoms with E-state index in [4.69, 9.17) is 21.6 Å². The van der Waals surface area contributed by atoms with Crippen LogP contribution in [-0.2, 0) is 4.79 Å². The van der Waals surface area contributed by atoms with Gasteiger partial charge < -0.3 is 10.1 Å². The fraction of sp³-hybridized carbons (Fsp3) is 0.200. The van der Waals surface area contributed by atoms with E-state index in [2.05, 4.69) is 5.32 Å². The summed E-state index contributed by atoms with van der Waals surface area (Å²) in [4.78, 5) is 12.1. The fourth-order valence-electron chi connectivity index (χ4n) is 2.30. The number of carbonyl (C=O) groups excluding carboxylic acids is 1. The molecule has 0 saturated heterocycles. The van der Waals surface area contributed by atoms with Crippen molar-refractivity contribution in [2.24, 2.45) is 0 Å². The SMILES string of the molecule is CCC(NC(=O)/C=C/c1ccc(OCC#N)cc1)c1ccc(Cl)cc1. The highest BCUT2D eigenvalue weighted by atomic mass is 35.5. The molecule has 2 aromatic carbocycles. The standard InChI is InChI=1S/C20H19ClN2O2/c1-2-19(16-6-8-17(21)9-7-16)23-20(24)12-5-15-3-10-18(11-4-15)25-14-13-22/h3-12,19H,2,14H2,1H3,(H,23,24)/b12-5+. The normalized spacial score (nSPS) is 11.7. The van der Waals surface area contributed by atoms with Gasteiger partial charge in [-0.1, -0.05) is 42.8 Å². The van der Waals surface area contributed by atoms with Gasteiger partial charge >= 0.3 is 0 Å². The number of benzene rings is 2. The Bertz CT molecular complexity index is 762. The zero-order valence-electron chi connectivity index (χ0n) is 13.9. The van der Waals surface area contributed by atoms with E-state index in [1.807, 2.05) is 49.4 Å². The number of hydrogen-bond acceptors (Lipinski definition) is 3. The molecule has 128 valence electrons. The van der Waals surface area contributed by atoms with Crippen LogP contribution >= 0.6 is 11.6 Å². The predicted octanol–water partition coefficient (Wildman–Crippen LogP) is 4.52. The van der Waals surface area contributed by atoms with E-state index in [0.29, 0.717) is 10.8 Å². The van der Waals surface area contributed by atoms with E-state index in [1.165, 1.54) is 6.08 Å². The first-order valence-corrected chi connectivity index (χ1v) is 8.34. The number of hydrogen-bond donors (Lipinski definition) is 1. The highest BCUT2D eigenvalue weighted by molar-refractivity contribution is 6.30. The first kappa shape index (κ1) is 18.6. The molecule has 5 heteroatoms. The number of amides is 1. The first-order valence-electron chi connectivity index (χ1n) is 7.96. The van der Waals surface area contributed by atoms with Gasteiger partial charge in [0.1, 0.15) is 11.8 Å². The van der Waals surface area contributed by atoms with Crippen LogP contribution in [0.15, 0.2) is 54.6 Å². The maximum absolute atomic E-state index is 12.1. The Morgan fingerprint density at radius 1 is 1.24 bits per heavy atom. The van der Waals surface area contributed by atoms with Gasteiger partial charge in [0.05, 0.1) is 6.04 Å². The van der Waals surface area contributed by atoms with E-state index in [1.54, 1.807) is 18.2 Å². The topological polar surface area (TPSA) is 62.1 Å². The molecule has 0 aliphatic heterocycles. The lowest BCUT2D eigenvalue weighted by Crippen LogP contribution is -2.26. The molecule has 1 N–H and O–H groups in total. The van der Waals surface area contributed by atoms with E-state index < -0.39 is 0 Å². The minimum absolute atomic E-state index is 0.0146. The third-order valence-corrected chi connectivity index (χ3v) is 3.86. The maximum atomic E-state index is 12.1. The largest absolute Gasteiger partial charge is 0.479 e. The van der Waals surface area contributed by atoms with Crippen LogP contribution in [0, 0.1) is 11.3 Å². The highest BCUT2D eigenvalue weighted by Crippen LogP contribution is 2.19. The molecule has 1 amide bonds. The molecule has 0 fully saturated rings. The molecular weight excluding hydrogens is 336 g/mol. The Morgan fingerprint density at radius 3 is 2.52 bits per heavy atom. The summed E-state index contributed by atoms with van der Waals surface area (Å²) in [7, 11) is 0. The van der Waals surface area contributed by atoms with Crippen LogP contribution in [0.5, 0.6) is 5.75 Å². The quantitative estimate of drug-likeness (QED) is 0.743. The number of nitrogens with one attached hydrogen (secondary N) is 1. The van der Waals surface area contributed by atoms with E-state index >= 15 is 0 Å². The summed E-state index contributed by atoms with van der Waals surface area (Å²) >= 11 is 5.90. The Balaban J connectivity index is 1.95. The number of rotatable bonds is 7. The second-order valence-corrected chi connectivity index (χ2v) is 5.81. The van der Waals surface area contributed by atoms with Gasteiger partial charge in [-0.05, 0) is 47.9 Å². The number of nitriles is 1. The molecule has 4 nitrogen and oxygen atoms in total. The molecule has 0 saturated carbocycles. The molecule has 2 aromatic rings. The van der Waals surface area contributed by atoms with Gasteiger partial charge in [0, 0.05) is 11.1 Å². The van der Waals surface area contributed by atoms with Gasteiger partial charge in [-0.3, -0.25) is 4.79 Å². The first-order chi connectivity index (χ1) is 12.1.